The van der Waals surface area contributed by atoms with Crippen molar-refractivity contribution < 1.29 is 0 Å². The van der Waals surface area contributed by atoms with E-state index in [2.05, 4.69) is 67.7 Å². The van der Waals surface area contributed by atoms with Crippen LogP contribution in [0.15, 0.2) is 48.5 Å². The maximum atomic E-state index is 3.18. The van der Waals surface area contributed by atoms with E-state index in [-0.39, 0.29) is 0 Å². The summed E-state index contributed by atoms with van der Waals surface area (Å²) in [4.78, 5) is 0. The second kappa shape index (κ2) is 5.72. The molecule has 0 fully saturated rings. The van der Waals surface area contributed by atoms with Gasteiger partial charge in [0, 0.05) is 12.7 Å². The fourth-order valence-corrected chi connectivity index (χ4v) is 2.09. The van der Waals surface area contributed by atoms with Gasteiger partial charge in [0.2, 0.25) is 0 Å². The van der Waals surface area contributed by atoms with Crippen LogP contribution in [-0.4, -0.2) is 7.05 Å². The molecule has 2 aromatic carbocycles. The SMILES string of the molecule is CCC(C)c1ccc(-c2cccc(NC)c2)cc1. The lowest BCUT2D eigenvalue weighted by Gasteiger charge is -2.10. The van der Waals surface area contributed by atoms with Crippen LogP contribution >= 0.6 is 0 Å². The van der Waals surface area contributed by atoms with Crippen molar-refractivity contribution in [3.8, 4) is 11.1 Å². The van der Waals surface area contributed by atoms with Crippen LogP contribution in [0.4, 0.5) is 5.69 Å². The second-order valence-electron chi connectivity index (χ2n) is 4.76. The van der Waals surface area contributed by atoms with Gasteiger partial charge in [-0.15, -0.1) is 0 Å². The standard InChI is InChI=1S/C17H21N/c1-4-13(2)14-8-10-15(11-9-14)16-6-5-7-17(12-16)18-3/h5-13,18H,4H2,1-3H3. The van der Waals surface area contributed by atoms with Gasteiger partial charge in [0.05, 0.1) is 0 Å². The Morgan fingerprint density at radius 3 is 2.33 bits per heavy atom. The van der Waals surface area contributed by atoms with Gasteiger partial charge in [-0.25, -0.2) is 0 Å². The molecule has 2 rings (SSSR count). The number of hydrogen-bond acceptors (Lipinski definition) is 1. The van der Waals surface area contributed by atoms with E-state index in [0.29, 0.717) is 5.92 Å². The molecule has 18 heavy (non-hydrogen) atoms. The van der Waals surface area contributed by atoms with Crippen molar-refractivity contribution in [3.63, 3.8) is 0 Å². The largest absolute Gasteiger partial charge is 0.388 e. The molecule has 0 aliphatic carbocycles. The van der Waals surface area contributed by atoms with Gasteiger partial charge in [-0.2, -0.15) is 0 Å². The van der Waals surface area contributed by atoms with Crippen molar-refractivity contribution in [1.82, 2.24) is 0 Å². The third kappa shape index (κ3) is 2.73. The van der Waals surface area contributed by atoms with E-state index < -0.39 is 0 Å². The molecule has 0 heterocycles. The zero-order chi connectivity index (χ0) is 13.0. The number of benzene rings is 2. The molecule has 1 N–H and O–H groups in total. The highest BCUT2D eigenvalue weighted by Gasteiger charge is 2.03. The maximum Gasteiger partial charge on any atom is 0.0343 e. The summed E-state index contributed by atoms with van der Waals surface area (Å²) in [5.41, 5.74) is 5.11. The van der Waals surface area contributed by atoms with Crippen molar-refractivity contribution in [3.05, 3.63) is 54.1 Å². The van der Waals surface area contributed by atoms with E-state index in [4.69, 9.17) is 0 Å². The predicted molar refractivity (Wildman–Crippen MR) is 80.1 cm³/mol. The molecule has 0 bridgehead atoms. The first-order chi connectivity index (χ1) is 8.74. The van der Waals surface area contributed by atoms with Gasteiger partial charge in [-0.05, 0) is 41.2 Å². The van der Waals surface area contributed by atoms with Crippen molar-refractivity contribution in [2.45, 2.75) is 26.2 Å². The van der Waals surface area contributed by atoms with Gasteiger partial charge >= 0.3 is 0 Å². The molecule has 94 valence electrons. The molecule has 1 atom stereocenters. The molecule has 0 spiro atoms. The summed E-state index contributed by atoms with van der Waals surface area (Å²) in [6.45, 7) is 4.51. The number of nitrogens with one attached hydrogen (secondary N) is 1. The summed E-state index contributed by atoms with van der Waals surface area (Å²) in [5.74, 6) is 0.641. The zero-order valence-corrected chi connectivity index (χ0v) is 11.4. The second-order valence-corrected chi connectivity index (χ2v) is 4.76. The molecule has 1 heteroatoms. The van der Waals surface area contributed by atoms with Crippen LogP contribution in [0.5, 0.6) is 0 Å². The summed E-state index contributed by atoms with van der Waals surface area (Å²) >= 11 is 0. The molecule has 2 aromatic rings. The Hall–Kier alpha value is -1.76. The van der Waals surface area contributed by atoms with Crippen molar-refractivity contribution in [1.29, 1.82) is 0 Å². The molecule has 1 unspecified atom stereocenters. The average molecular weight is 239 g/mol. The first-order valence-electron chi connectivity index (χ1n) is 6.62. The number of hydrogen-bond donors (Lipinski definition) is 1. The fourth-order valence-electron chi connectivity index (χ4n) is 2.09. The molecule has 1 nitrogen and oxygen atoms in total. The van der Waals surface area contributed by atoms with Crippen LogP contribution in [0.2, 0.25) is 0 Å². The molecule has 0 amide bonds. The smallest absolute Gasteiger partial charge is 0.0343 e. The normalized spacial score (nSPS) is 12.2. The molecular weight excluding hydrogens is 218 g/mol. The van der Waals surface area contributed by atoms with Gasteiger partial charge in [0.1, 0.15) is 0 Å². The molecule has 0 aliphatic rings. The highest BCUT2D eigenvalue weighted by molar-refractivity contribution is 5.68. The molecule has 0 aromatic heterocycles. The first-order valence-corrected chi connectivity index (χ1v) is 6.62. The monoisotopic (exact) mass is 239 g/mol. The Bertz CT molecular complexity index is 499. The first kappa shape index (κ1) is 12.7. The summed E-state index contributed by atoms with van der Waals surface area (Å²) in [6.07, 6.45) is 1.19. The van der Waals surface area contributed by atoms with E-state index in [1.807, 2.05) is 7.05 Å². The lowest BCUT2D eigenvalue weighted by atomic mass is 9.96. The Morgan fingerprint density at radius 1 is 1.00 bits per heavy atom. The Balaban J connectivity index is 2.28. The molecule has 0 aliphatic heterocycles. The summed E-state index contributed by atoms with van der Waals surface area (Å²) in [7, 11) is 1.95. The van der Waals surface area contributed by atoms with Crippen LogP contribution < -0.4 is 5.32 Å². The average Bonchev–Trinajstić information content (AvgIpc) is 2.46. The van der Waals surface area contributed by atoms with E-state index in [1.165, 1.54) is 23.1 Å². The predicted octanol–water partition coefficient (Wildman–Crippen LogP) is 4.91. The van der Waals surface area contributed by atoms with Gasteiger partial charge in [0.15, 0.2) is 0 Å². The Labute approximate surface area is 110 Å². The van der Waals surface area contributed by atoms with Gasteiger partial charge in [-0.3, -0.25) is 0 Å². The van der Waals surface area contributed by atoms with Crippen LogP contribution in [0, 0.1) is 0 Å². The van der Waals surface area contributed by atoms with Crippen molar-refractivity contribution in [2.24, 2.45) is 0 Å². The van der Waals surface area contributed by atoms with Crippen LogP contribution in [-0.2, 0) is 0 Å². The number of rotatable bonds is 4. The van der Waals surface area contributed by atoms with E-state index in [0.717, 1.165) is 5.69 Å². The fraction of sp³-hybridized carbons (Fsp3) is 0.294. The minimum atomic E-state index is 0.641. The van der Waals surface area contributed by atoms with Gasteiger partial charge < -0.3 is 5.32 Å². The molecule has 0 saturated heterocycles. The van der Waals surface area contributed by atoms with Gasteiger partial charge in [-0.1, -0.05) is 50.2 Å². The minimum absolute atomic E-state index is 0.641. The topological polar surface area (TPSA) is 12.0 Å². The van der Waals surface area contributed by atoms with Crippen molar-refractivity contribution >= 4 is 5.69 Å². The van der Waals surface area contributed by atoms with E-state index >= 15 is 0 Å². The lowest BCUT2D eigenvalue weighted by molar-refractivity contribution is 0.734. The maximum absolute atomic E-state index is 3.18. The van der Waals surface area contributed by atoms with Crippen LogP contribution in [0.3, 0.4) is 0 Å². The summed E-state index contributed by atoms with van der Waals surface area (Å²) in [6, 6.07) is 17.4. The quantitative estimate of drug-likeness (QED) is 0.799. The minimum Gasteiger partial charge on any atom is -0.388 e. The lowest BCUT2D eigenvalue weighted by Crippen LogP contribution is -1.91. The van der Waals surface area contributed by atoms with E-state index in [1.54, 1.807) is 0 Å². The summed E-state index contributed by atoms with van der Waals surface area (Å²) < 4.78 is 0. The highest BCUT2D eigenvalue weighted by Crippen LogP contribution is 2.25. The Morgan fingerprint density at radius 2 is 1.72 bits per heavy atom. The van der Waals surface area contributed by atoms with Crippen LogP contribution in [0.25, 0.3) is 11.1 Å². The third-order valence-corrected chi connectivity index (χ3v) is 3.58. The summed E-state index contributed by atoms with van der Waals surface area (Å²) in [5, 5.41) is 3.18. The van der Waals surface area contributed by atoms with Crippen molar-refractivity contribution in [2.75, 3.05) is 12.4 Å². The zero-order valence-electron chi connectivity index (χ0n) is 11.4. The molecule has 0 radical (unpaired) electrons. The molecular formula is C17H21N. The third-order valence-electron chi connectivity index (χ3n) is 3.58. The number of anilines is 1. The Kier molecular flexibility index (Phi) is 4.03. The highest BCUT2D eigenvalue weighted by atomic mass is 14.8. The van der Waals surface area contributed by atoms with Gasteiger partial charge in [0.25, 0.3) is 0 Å². The van der Waals surface area contributed by atoms with Crippen LogP contribution in [0.1, 0.15) is 31.7 Å². The van der Waals surface area contributed by atoms with E-state index in [9.17, 15) is 0 Å². The molecule has 0 saturated carbocycles.